The molecule has 0 atom stereocenters. The number of hydrogen-bond acceptors (Lipinski definition) is 5. The van der Waals surface area contributed by atoms with Crippen molar-refractivity contribution < 1.29 is 9.13 Å². The summed E-state index contributed by atoms with van der Waals surface area (Å²) in [6.07, 6.45) is 1.86. The number of aromatic nitrogens is 2. The number of nitriles is 1. The van der Waals surface area contributed by atoms with Crippen LogP contribution in [0.4, 0.5) is 10.3 Å². The fraction of sp³-hybridized carbons (Fsp3) is 0.267. The molecule has 1 aliphatic rings. The molecule has 0 spiro atoms. The minimum atomic E-state index is -0.443. The minimum Gasteiger partial charge on any atom is -0.493 e. The predicted molar refractivity (Wildman–Crippen MR) is 77.1 cm³/mol. The number of halogens is 1. The van der Waals surface area contributed by atoms with Crippen LogP contribution in [-0.2, 0) is 20.0 Å². The minimum absolute atomic E-state index is 0.0340. The second-order valence-electron chi connectivity index (χ2n) is 4.93. The number of benzene rings is 1. The third kappa shape index (κ3) is 2.29. The number of nitrogens with one attached hydrogen (secondary N) is 1. The van der Waals surface area contributed by atoms with Crippen molar-refractivity contribution in [2.75, 3.05) is 11.9 Å². The van der Waals surface area contributed by atoms with Crippen LogP contribution < -0.4 is 15.6 Å². The molecule has 2 heterocycles. The van der Waals surface area contributed by atoms with Gasteiger partial charge in [-0.3, -0.25) is 9.36 Å². The van der Waals surface area contributed by atoms with E-state index in [1.807, 2.05) is 0 Å². The Balaban J connectivity index is 1.89. The quantitative estimate of drug-likeness (QED) is 0.925. The first-order chi connectivity index (χ1) is 10.6. The Bertz CT molecular complexity index is 839. The van der Waals surface area contributed by atoms with Gasteiger partial charge in [-0.2, -0.15) is 5.26 Å². The average Bonchev–Trinajstić information content (AvgIpc) is 2.99. The molecule has 0 unspecified atom stereocenters. The monoisotopic (exact) mass is 300 g/mol. The fourth-order valence-electron chi connectivity index (χ4n) is 2.46. The summed E-state index contributed by atoms with van der Waals surface area (Å²) >= 11 is 0. The molecule has 0 fully saturated rings. The maximum absolute atomic E-state index is 14.0. The third-order valence-corrected chi connectivity index (χ3v) is 3.65. The van der Waals surface area contributed by atoms with E-state index in [4.69, 9.17) is 10.00 Å². The molecule has 0 saturated heterocycles. The van der Waals surface area contributed by atoms with Gasteiger partial charge in [0.15, 0.2) is 0 Å². The molecule has 112 valence electrons. The van der Waals surface area contributed by atoms with Gasteiger partial charge >= 0.3 is 0 Å². The highest BCUT2D eigenvalue weighted by Gasteiger charge is 2.19. The van der Waals surface area contributed by atoms with Crippen LogP contribution in [0.2, 0.25) is 0 Å². The van der Waals surface area contributed by atoms with E-state index in [-0.39, 0.29) is 23.9 Å². The molecule has 6 nitrogen and oxygen atoms in total. The first kappa shape index (κ1) is 14.1. The molecule has 0 bridgehead atoms. The lowest BCUT2D eigenvalue weighted by atomic mass is 10.0. The zero-order chi connectivity index (χ0) is 15.7. The van der Waals surface area contributed by atoms with Crippen molar-refractivity contribution in [2.24, 2.45) is 7.05 Å². The van der Waals surface area contributed by atoms with Gasteiger partial charge in [0.1, 0.15) is 23.2 Å². The Kier molecular flexibility index (Phi) is 3.51. The number of anilines is 1. The van der Waals surface area contributed by atoms with Crippen LogP contribution in [-0.4, -0.2) is 16.2 Å². The molecule has 0 radical (unpaired) electrons. The molecule has 22 heavy (non-hydrogen) atoms. The maximum Gasteiger partial charge on any atom is 0.272 e. The highest BCUT2D eigenvalue weighted by Crippen LogP contribution is 2.30. The summed E-state index contributed by atoms with van der Waals surface area (Å²) in [5.74, 6) is 0.648. The van der Waals surface area contributed by atoms with Gasteiger partial charge in [0, 0.05) is 31.1 Å². The number of hydrogen-bond donors (Lipinski definition) is 1. The van der Waals surface area contributed by atoms with Gasteiger partial charge in [0.25, 0.3) is 5.56 Å². The Morgan fingerprint density at radius 2 is 2.36 bits per heavy atom. The molecular formula is C15H13FN4O2. The van der Waals surface area contributed by atoms with E-state index in [9.17, 15) is 9.18 Å². The summed E-state index contributed by atoms with van der Waals surface area (Å²) < 4.78 is 20.7. The number of ether oxygens (including phenoxy) is 1. The van der Waals surface area contributed by atoms with E-state index >= 15 is 0 Å². The van der Waals surface area contributed by atoms with Gasteiger partial charge in [-0.15, -0.1) is 0 Å². The molecule has 7 heteroatoms. The van der Waals surface area contributed by atoms with Gasteiger partial charge in [0.2, 0.25) is 5.95 Å². The second-order valence-corrected chi connectivity index (χ2v) is 4.93. The smallest absolute Gasteiger partial charge is 0.272 e. The van der Waals surface area contributed by atoms with Crippen molar-refractivity contribution >= 4 is 5.95 Å². The molecule has 2 aromatic rings. The lowest BCUT2D eigenvalue weighted by molar-refractivity contribution is 0.356. The van der Waals surface area contributed by atoms with Crippen LogP contribution in [0.25, 0.3) is 0 Å². The van der Waals surface area contributed by atoms with Gasteiger partial charge in [-0.1, -0.05) is 0 Å². The van der Waals surface area contributed by atoms with Crippen molar-refractivity contribution in [1.82, 2.24) is 9.55 Å². The standard InChI is InChI=1S/C15H13FN4O2/c1-20-14(21)9(6-17)7-18-15(20)19-8-11-10-4-5-22-13(10)3-2-12(11)16/h2-3,7H,4-5,8H2,1H3,(H,18,19). The van der Waals surface area contributed by atoms with Crippen LogP contribution in [0, 0.1) is 17.1 Å². The van der Waals surface area contributed by atoms with Gasteiger partial charge in [-0.25, -0.2) is 9.37 Å². The van der Waals surface area contributed by atoms with Crippen molar-refractivity contribution in [3.63, 3.8) is 0 Å². The molecular weight excluding hydrogens is 287 g/mol. The largest absolute Gasteiger partial charge is 0.493 e. The van der Waals surface area contributed by atoms with Crippen LogP contribution in [0.15, 0.2) is 23.1 Å². The molecule has 3 rings (SSSR count). The first-order valence-electron chi connectivity index (χ1n) is 6.75. The van der Waals surface area contributed by atoms with E-state index in [2.05, 4.69) is 10.3 Å². The molecule has 0 saturated carbocycles. The van der Waals surface area contributed by atoms with Gasteiger partial charge < -0.3 is 10.1 Å². The van der Waals surface area contributed by atoms with Crippen LogP contribution in [0.1, 0.15) is 16.7 Å². The zero-order valence-corrected chi connectivity index (χ0v) is 11.9. The highest BCUT2D eigenvalue weighted by atomic mass is 19.1. The molecule has 1 aliphatic heterocycles. The predicted octanol–water partition coefficient (Wildman–Crippen LogP) is 1.34. The summed E-state index contributed by atoms with van der Waals surface area (Å²) in [5.41, 5.74) is 0.870. The topological polar surface area (TPSA) is 79.9 Å². The Morgan fingerprint density at radius 1 is 1.55 bits per heavy atom. The van der Waals surface area contributed by atoms with Crippen LogP contribution in [0.5, 0.6) is 5.75 Å². The van der Waals surface area contributed by atoms with Gasteiger partial charge in [0.05, 0.1) is 12.8 Å². The van der Waals surface area contributed by atoms with Crippen LogP contribution >= 0.6 is 0 Å². The molecule has 1 N–H and O–H groups in total. The highest BCUT2D eigenvalue weighted by molar-refractivity contribution is 5.45. The SMILES string of the molecule is Cn1c(NCc2c(F)ccc3c2CCO3)ncc(C#N)c1=O. The fourth-order valence-corrected chi connectivity index (χ4v) is 2.46. The molecule has 1 aromatic heterocycles. The van der Waals surface area contributed by atoms with Crippen molar-refractivity contribution in [3.05, 3.63) is 51.2 Å². The summed E-state index contributed by atoms with van der Waals surface area (Å²) in [6.45, 7) is 0.726. The lowest BCUT2D eigenvalue weighted by Gasteiger charge is -2.12. The van der Waals surface area contributed by atoms with Crippen molar-refractivity contribution in [3.8, 4) is 11.8 Å². The van der Waals surface area contributed by atoms with E-state index in [0.29, 0.717) is 24.3 Å². The van der Waals surface area contributed by atoms with Crippen LogP contribution in [0.3, 0.4) is 0 Å². The number of nitrogens with zero attached hydrogens (tertiary/aromatic N) is 3. The summed E-state index contributed by atoms with van der Waals surface area (Å²) in [5, 5.41) is 11.7. The van der Waals surface area contributed by atoms with E-state index < -0.39 is 5.56 Å². The van der Waals surface area contributed by atoms with Crippen molar-refractivity contribution in [2.45, 2.75) is 13.0 Å². The second kappa shape index (κ2) is 5.48. The van der Waals surface area contributed by atoms with Gasteiger partial charge in [-0.05, 0) is 12.1 Å². The van der Waals surface area contributed by atoms with E-state index in [0.717, 1.165) is 5.56 Å². The Labute approximate surface area is 125 Å². The Hall–Kier alpha value is -2.88. The number of fused-ring (bicyclic) bond motifs is 1. The normalized spacial score (nSPS) is 12.4. The third-order valence-electron chi connectivity index (χ3n) is 3.65. The summed E-state index contributed by atoms with van der Waals surface area (Å²) in [7, 11) is 1.51. The average molecular weight is 300 g/mol. The lowest BCUT2D eigenvalue weighted by Crippen LogP contribution is -2.24. The summed E-state index contributed by atoms with van der Waals surface area (Å²) in [4.78, 5) is 15.9. The number of rotatable bonds is 3. The summed E-state index contributed by atoms with van der Waals surface area (Å²) in [6, 6.07) is 4.77. The molecule has 0 aliphatic carbocycles. The first-order valence-corrected chi connectivity index (χ1v) is 6.75. The zero-order valence-electron chi connectivity index (χ0n) is 11.9. The molecule has 0 amide bonds. The molecule has 1 aromatic carbocycles. The van der Waals surface area contributed by atoms with E-state index in [1.165, 1.54) is 23.9 Å². The Morgan fingerprint density at radius 3 is 3.14 bits per heavy atom. The van der Waals surface area contributed by atoms with Crippen molar-refractivity contribution in [1.29, 1.82) is 5.26 Å². The maximum atomic E-state index is 14.0. The van der Waals surface area contributed by atoms with E-state index in [1.54, 1.807) is 12.1 Å².